The van der Waals surface area contributed by atoms with Crippen molar-refractivity contribution >= 4 is 44.7 Å². The molecule has 0 saturated carbocycles. The van der Waals surface area contributed by atoms with Gasteiger partial charge in [0.2, 0.25) is 5.91 Å². The lowest BCUT2D eigenvalue weighted by Crippen LogP contribution is -2.27. The smallest absolute Gasteiger partial charge is 0.229 e. The molecular formula is C27H23N7OS. The molecule has 0 fully saturated rings. The molecular weight excluding hydrogens is 470 g/mol. The summed E-state index contributed by atoms with van der Waals surface area (Å²) < 4.78 is 0. The van der Waals surface area contributed by atoms with Crippen molar-refractivity contribution in [3.63, 3.8) is 0 Å². The first kappa shape index (κ1) is 22.1. The van der Waals surface area contributed by atoms with Gasteiger partial charge in [-0.1, -0.05) is 20.8 Å². The summed E-state index contributed by atoms with van der Waals surface area (Å²) in [7, 11) is 0. The van der Waals surface area contributed by atoms with Crippen molar-refractivity contribution in [3.05, 3.63) is 66.0 Å². The number of hydrogen-bond acceptors (Lipinski definition) is 6. The van der Waals surface area contributed by atoms with E-state index in [-0.39, 0.29) is 5.91 Å². The molecule has 0 aliphatic heterocycles. The normalized spacial score (nSPS) is 11.9. The highest BCUT2D eigenvalue weighted by atomic mass is 32.1. The molecule has 0 aliphatic carbocycles. The first-order valence-corrected chi connectivity index (χ1v) is 12.4. The minimum atomic E-state index is -0.503. The lowest BCUT2D eigenvalue weighted by atomic mass is 9.95. The average Bonchev–Trinajstić information content (AvgIpc) is 3.62. The Balaban J connectivity index is 1.40. The average molecular weight is 494 g/mol. The Morgan fingerprint density at radius 1 is 0.944 bits per heavy atom. The summed E-state index contributed by atoms with van der Waals surface area (Å²) in [5, 5.41) is 16.8. The van der Waals surface area contributed by atoms with Crippen LogP contribution < -0.4 is 5.32 Å². The predicted molar refractivity (Wildman–Crippen MR) is 144 cm³/mol. The Bertz CT molecular complexity index is 1720. The van der Waals surface area contributed by atoms with E-state index in [0.717, 1.165) is 55.6 Å². The zero-order chi connectivity index (χ0) is 24.9. The van der Waals surface area contributed by atoms with Crippen LogP contribution in [-0.2, 0) is 4.79 Å². The maximum absolute atomic E-state index is 12.4. The van der Waals surface area contributed by atoms with E-state index in [0.29, 0.717) is 5.69 Å². The van der Waals surface area contributed by atoms with Gasteiger partial charge in [0.05, 0.1) is 46.7 Å². The number of aromatic amines is 2. The summed E-state index contributed by atoms with van der Waals surface area (Å²) in [6.07, 6.45) is 8.87. The third-order valence-electron chi connectivity index (χ3n) is 6.05. The third-order valence-corrected chi connectivity index (χ3v) is 6.74. The van der Waals surface area contributed by atoms with E-state index < -0.39 is 5.41 Å². The number of amides is 1. The van der Waals surface area contributed by atoms with Crippen LogP contribution in [0.3, 0.4) is 0 Å². The van der Waals surface area contributed by atoms with Gasteiger partial charge >= 0.3 is 0 Å². The summed E-state index contributed by atoms with van der Waals surface area (Å²) in [6.45, 7) is 5.62. The minimum Gasteiger partial charge on any atom is -0.352 e. The molecule has 0 spiro atoms. The van der Waals surface area contributed by atoms with E-state index in [1.54, 1.807) is 29.9 Å². The molecule has 0 aliphatic rings. The highest BCUT2D eigenvalue weighted by molar-refractivity contribution is 7.08. The second-order valence-electron chi connectivity index (χ2n) is 9.70. The van der Waals surface area contributed by atoms with Crippen molar-refractivity contribution in [3.8, 4) is 33.8 Å². The molecule has 0 bridgehead atoms. The van der Waals surface area contributed by atoms with Crippen LogP contribution in [0.5, 0.6) is 0 Å². The van der Waals surface area contributed by atoms with Gasteiger partial charge in [0, 0.05) is 39.7 Å². The first-order chi connectivity index (χ1) is 17.4. The number of H-pyrrole nitrogens is 2. The summed E-state index contributed by atoms with van der Waals surface area (Å²) in [6, 6.07) is 8.09. The molecule has 6 rings (SSSR count). The van der Waals surface area contributed by atoms with Crippen LogP contribution in [0.4, 0.5) is 5.69 Å². The van der Waals surface area contributed by atoms with Gasteiger partial charge in [-0.2, -0.15) is 16.4 Å². The molecule has 36 heavy (non-hydrogen) atoms. The SMILES string of the molecule is CC(C)(C)C(=O)Nc1cncc(-c2cc3c(-c4cc5c(-c6ccsc6)cncc5[nH]4)n[nH]c3cn2)c1. The predicted octanol–water partition coefficient (Wildman–Crippen LogP) is 6.28. The lowest BCUT2D eigenvalue weighted by Gasteiger charge is -2.17. The van der Waals surface area contributed by atoms with Gasteiger partial charge in [-0.3, -0.25) is 24.8 Å². The minimum absolute atomic E-state index is 0.0721. The first-order valence-electron chi connectivity index (χ1n) is 11.5. The molecule has 6 aromatic heterocycles. The van der Waals surface area contributed by atoms with Crippen LogP contribution >= 0.6 is 11.3 Å². The second kappa shape index (κ2) is 8.39. The fourth-order valence-corrected chi connectivity index (χ4v) is 4.73. The number of hydrogen-bond donors (Lipinski definition) is 3. The quantitative estimate of drug-likeness (QED) is 0.268. The number of nitrogens with zero attached hydrogens (tertiary/aromatic N) is 4. The van der Waals surface area contributed by atoms with Crippen molar-refractivity contribution in [1.82, 2.24) is 30.1 Å². The number of fused-ring (bicyclic) bond motifs is 2. The molecule has 1 amide bonds. The summed E-state index contributed by atoms with van der Waals surface area (Å²) in [5.41, 5.74) is 7.36. The topological polar surface area (TPSA) is 112 Å². The van der Waals surface area contributed by atoms with Crippen molar-refractivity contribution in [1.29, 1.82) is 0 Å². The van der Waals surface area contributed by atoms with Gasteiger partial charge in [-0.25, -0.2) is 0 Å². The van der Waals surface area contributed by atoms with Gasteiger partial charge in [0.25, 0.3) is 0 Å². The van der Waals surface area contributed by atoms with Gasteiger partial charge in [-0.05, 0) is 40.6 Å². The number of thiophene rings is 1. The number of nitrogens with one attached hydrogen (secondary N) is 3. The van der Waals surface area contributed by atoms with E-state index in [4.69, 9.17) is 0 Å². The van der Waals surface area contributed by atoms with E-state index in [1.165, 1.54) is 0 Å². The molecule has 6 aromatic rings. The number of rotatable bonds is 4. The fraction of sp³-hybridized carbons (Fsp3) is 0.148. The van der Waals surface area contributed by atoms with E-state index in [9.17, 15) is 4.79 Å². The van der Waals surface area contributed by atoms with Gasteiger partial charge in [0.1, 0.15) is 5.69 Å². The van der Waals surface area contributed by atoms with Crippen LogP contribution in [0.25, 0.3) is 55.6 Å². The Hall–Kier alpha value is -4.37. The van der Waals surface area contributed by atoms with Crippen LogP contribution in [-0.4, -0.2) is 36.0 Å². The molecule has 0 radical (unpaired) electrons. The van der Waals surface area contributed by atoms with E-state index in [2.05, 4.69) is 58.3 Å². The zero-order valence-electron chi connectivity index (χ0n) is 20.0. The Labute approximate surface area is 210 Å². The molecule has 9 heteroatoms. The van der Waals surface area contributed by atoms with E-state index in [1.807, 2.05) is 45.3 Å². The molecule has 0 atom stereocenters. The maximum Gasteiger partial charge on any atom is 0.229 e. The van der Waals surface area contributed by atoms with Crippen molar-refractivity contribution < 1.29 is 4.79 Å². The molecule has 178 valence electrons. The number of carbonyl (C=O) groups excluding carboxylic acids is 1. The van der Waals surface area contributed by atoms with Gasteiger partial charge < -0.3 is 10.3 Å². The Kier molecular flexibility index (Phi) is 5.15. The largest absolute Gasteiger partial charge is 0.352 e. The van der Waals surface area contributed by atoms with E-state index >= 15 is 0 Å². The molecule has 3 N–H and O–H groups in total. The third kappa shape index (κ3) is 3.93. The Morgan fingerprint density at radius 2 is 1.81 bits per heavy atom. The molecule has 6 heterocycles. The highest BCUT2D eigenvalue weighted by Crippen LogP contribution is 2.35. The van der Waals surface area contributed by atoms with Crippen molar-refractivity contribution in [2.45, 2.75) is 20.8 Å². The Morgan fingerprint density at radius 3 is 2.61 bits per heavy atom. The number of carbonyl (C=O) groups is 1. The number of anilines is 1. The second-order valence-corrected chi connectivity index (χ2v) is 10.5. The van der Waals surface area contributed by atoms with Crippen molar-refractivity contribution in [2.24, 2.45) is 5.41 Å². The van der Waals surface area contributed by atoms with Crippen LogP contribution in [0.15, 0.2) is 66.0 Å². The lowest BCUT2D eigenvalue weighted by molar-refractivity contribution is -0.123. The molecule has 0 unspecified atom stereocenters. The maximum atomic E-state index is 12.4. The van der Waals surface area contributed by atoms with Gasteiger partial charge in [-0.15, -0.1) is 0 Å². The van der Waals surface area contributed by atoms with Gasteiger partial charge in [0.15, 0.2) is 0 Å². The summed E-state index contributed by atoms with van der Waals surface area (Å²) in [5.74, 6) is -0.0721. The van der Waals surface area contributed by atoms with Crippen LogP contribution in [0, 0.1) is 5.41 Å². The summed E-state index contributed by atoms with van der Waals surface area (Å²) >= 11 is 1.66. The zero-order valence-corrected chi connectivity index (χ0v) is 20.8. The number of aromatic nitrogens is 6. The van der Waals surface area contributed by atoms with Crippen LogP contribution in [0.2, 0.25) is 0 Å². The summed E-state index contributed by atoms with van der Waals surface area (Å²) in [4.78, 5) is 29.2. The van der Waals surface area contributed by atoms with Crippen LogP contribution in [0.1, 0.15) is 20.8 Å². The molecule has 0 aromatic carbocycles. The number of pyridine rings is 3. The fourth-order valence-electron chi connectivity index (χ4n) is 4.07. The van der Waals surface area contributed by atoms with Crippen molar-refractivity contribution in [2.75, 3.05) is 5.32 Å². The standard InChI is InChI=1S/C27H23N7OS/c1-27(2,3)26(35)31-17-6-16(9-28-10-17)21-8-19-24(13-30-21)33-34-25(19)22-7-18-20(15-4-5-36-14-15)11-29-12-23(18)32-22/h4-14,32H,1-3H3,(H,31,35)(H,33,34). The molecule has 0 saturated heterocycles. The molecule has 8 nitrogen and oxygen atoms in total. The monoisotopic (exact) mass is 493 g/mol. The highest BCUT2D eigenvalue weighted by Gasteiger charge is 2.21.